The number of alkyl halides is 4. The molecule has 1 saturated heterocycles. The lowest BCUT2D eigenvalue weighted by Gasteiger charge is -2.24. The Morgan fingerprint density at radius 2 is 1.16 bits per heavy atom. The van der Waals surface area contributed by atoms with Crippen molar-refractivity contribution in [2.75, 3.05) is 0 Å². The van der Waals surface area contributed by atoms with Gasteiger partial charge in [-0.2, -0.15) is 17.6 Å². The molecular formula is C14H22F4S. The van der Waals surface area contributed by atoms with Crippen molar-refractivity contribution in [3.8, 4) is 0 Å². The molecule has 0 N–H and O–H groups in total. The van der Waals surface area contributed by atoms with Gasteiger partial charge in [0.2, 0.25) is 0 Å². The molecule has 1 saturated carbocycles. The molecule has 0 aromatic carbocycles. The van der Waals surface area contributed by atoms with E-state index in [1.54, 1.807) is 0 Å². The van der Waals surface area contributed by atoms with E-state index >= 15 is 0 Å². The second-order valence-electron chi connectivity index (χ2n) is 5.81. The first-order valence-electron chi connectivity index (χ1n) is 7.38. The molecule has 2 atom stereocenters. The van der Waals surface area contributed by atoms with Crippen LogP contribution in [0.3, 0.4) is 0 Å². The molecule has 112 valence electrons. The third-order valence-corrected chi connectivity index (χ3v) is 5.79. The summed E-state index contributed by atoms with van der Waals surface area (Å²) in [6, 6.07) is 0. The minimum absolute atomic E-state index is 0.226. The zero-order valence-electron chi connectivity index (χ0n) is 11.1. The van der Waals surface area contributed by atoms with Crippen LogP contribution in [0.4, 0.5) is 17.6 Å². The number of hydrogen-bond donors (Lipinski definition) is 0. The molecule has 0 amide bonds. The fourth-order valence-corrected chi connectivity index (χ4v) is 4.64. The molecule has 2 fully saturated rings. The number of rotatable bonds is 0. The van der Waals surface area contributed by atoms with Crippen LogP contribution in [0.15, 0.2) is 0 Å². The predicted octanol–water partition coefficient (Wildman–Crippen LogP) is 5.86. The molecule has 2 aliphatic rings. The van der Waals surface area contributed by atoms with E-state index in [0.29, 0.717) is 12.8 Å². The van der Waals surface area contributed by atoms with Crippen molar-refractivity contribution in [1.29, 1.82) is 0 Å². The van der Waals surface area contributed by atoms with Crippen LogP contribution >= 0.6 is 11.8 Å². The van der Waals surface area contributed by atoms with Crippen LogP contribution in [-0.2, 0) is 0 Å². The van der Waals surface area contributed by atoms with Gasteiger partial charge in [0.15, 0.2) is 0 Å². The van der Waals surface area contributed by atoms with Crippen LogP contribution in [0.25, 0.3) is 0 Å². The molecule has 0 nitrogen and oxygen atoms in total. The molecule has 0 unspecified atom stereocenters. The molecule has 19 heavy (non-hydrogen) atoms. The highest BCUT2D eigenvalue weighted by Crippen LogP contribution is 2.60. The average molecular weight is 298 g/mol. The van der Waals surface area contributed by atoms with Crippen LogP contribution in [0, 0.1) is 5.92 Å². The van der Waals surface area contributed by atoms with Gasteiger partial charge in [0, 0.05) is 11.2 Å². The highest BCUT2D eigenvalue weighted by molar-refractivity contribution is 8.01. The van der Waals surface area contributed by atoms with Crippen molar-refractivity contribution in [3.05, 3.63) is 0 Å². The highest BCUT2D eigenvalue weighted by atomic mass is 32.2. The minimum atomic E-state index is -3.87. The van der Waals surface area contributed by atoms with E-state index in [4.69, 9.17) is 0 Å². The molecule has 5 heteroatoms. The average Bonchev–Trinajstić information content (AvgIpc) is 2.47. The molecule has 0 spiro atoms. The Kier molecular flexibility index (Phi) is 5.07. The fourth-order valence-electron chi connectivity index (χ4n) is 3.20. The molecular weight excluding hydrogens is 276 g/mol. The number of thioether (sulfide) groups is 1. The van der Waals surface area contributed by atoms with E-state index in [2.05, 4.69) is 0 Å². The standard InChI is InChI=1S/C14H22F4S/c15-13(16)11-9-7-5-3-1-2-4-6-8-10-12(11)19-14(13,17)18/h11-12H,1-10H2/t11-,12-/m0/s1. The Bertz CT molecular complexity index is 293. The second kappa shape index (κ2) is 6.23. The quantitative estimate of drug-likeness (QED) is 0.505. The summed E-state index contributed by atoms with van der Waals surface area (Å²) in [5.74, 6) is -4.96. The zero-order valence-corrected chi connectivity index (χ0v) is 12.0. The smallest absolute Gasteiger partial charge is 0.198 e. The summed E-state index contributed by atoms with van der Waals surface area (Å²) in [6.07, 6.45) is 8.61. The Morgan fingerprint density at radius 3 is 1.74 bits per heavy atom. The van der Waals surface area contributed by atoms with Gasteiger partial charge in [0.05, 0.1) is 0 Å². The van der Waals surface area contributed by atoms with Crippen molar-refractivity contribution in [2.45, 2.75) is 80.6 Å². The number of fused-ring (bicyclic) bond motifs is 1. The Balaban J connectivity index is 2.04. The molecule has 1 heterocycles. The van der Waals surface area contributed by atoms with E-state index in [-0.39, 0.29) is 18.2 Å². The SMILES string of the molecule is FC1(F)S[C@H]2CCCCCCCCCC[C@@H]2C1(F)F. The summed E-state index contributed by atoms with van der Waals surface area (Å²) in [6.45, 7) is 0. The van der Waals surface area contributed by atoms with Gasteiger partial charge in [-0.25, -0.2) is 0 Å². The fraction of sp³-hybridized carbons (Fsp3) is 1.00. The maximum absolute atomic E-state index is 13.8. The van der Waals surface area contributed by atoms with Crippen LogP contribution in [-0.4, -0.2) is 16.4 Å². The first kappa shape index (κ1) is 15.5. The molecule has 0 bridgehead atoms. The van der Waals surface area contributed by atoms with Crippen molar-refractivity contribution < 1.29 is 17.6 Å². The third-order valence-electron chi connectivity index (χ3n) is 4.36. The second-order valence-corrected chi connectivity index (χ2v) is 7.16. The number of halogens is 4. The lowest BCUT2D eigenvalue weighted by Crippen LogP contribution is -2.39. The van der Waals surface area contributed by atoms with Gasteiger partial charge >= 0.3 is 11.2 Å². The largest absolute Gasteiger partial charge is 0.356 e. The Morgan fingerprint density at radius 1 is 0.684 bits per heavy atom. The molecule has 2 rings (SSSR count). The summed E-state index contributed by atoms with van der Waals surface area (Å²) < 4.78 is 54.6. The zero-order chi connectivity index (χ0) is 13.9. The summed E-state index contributed by atoms with van der Waals surface area (Å²) in [5.41, 5.74) is 0. The lowest BCUT2D eigenvalue weighted by molar-refractivity contribution is -0.175. The number of hydrogen-bond acceptors (Lipinski definition) is 1. The summed E-state index contributed by atoms with van der Waals surface area (Å²) in [5, 5.41) is -4.44. The van der Waals surface area contributed by atoms with Crippen molar-refractivity contribution in [3.63, 3.8) is 0 Å². The van der Waals surface area contributed by atoms with Crippen molar-refractivity contribution in [1.82, 2.24) is 0 Å². The van der Waals surface area contributed by atoms with Gasteiger partial charge in [-0.1, -0.05) is 63.1 Å². The predicted molar refractivity (Wildman–Crippen MR) is 70.9 cm³/mol. The topological polar surface area (TPSA) is 0 Å². The van der Waals surface area contributed by atoms with Gasteiger partial charge < -0.3 is 0 Å². The first-order valence-corrected chi connectivity index (χ1v) is 8.26. The summed E-state index contributed by atoms with van der Waals surface area (Å²) in [7, 11) is 0. The van der Waals surface area contributed by atoms with Gasteiger partial charge in [0.1, 0.15) is 0 Å². The first-order chi connectivity index (χ1) is 8.95. The summed E-state index contributed by atoms with van der Waals surface area (Å²) in [4.78, 5) is 0. The molecule has 1 aliphatic heterocycles. The Labute approximate surface area is 116 Å². The van der Waals surface area contributed by atoms with Crippen molar-refractivity contribution >= 4 is 11.8 Å². The summed E-state index contributed by atoms with van der Waals surface area (Å²) >= 11 is 0.226. The maximum atomic E-state index is 13.8. The molecule has 0 radical (unpaired) electrons. The molecule has 0 aromatic heterocycles. The maximum Gasteiger partial charge on any atom is 0.356 e. The van der Waals surface area contributed by atoms with E-state index in [1.807, 2.05) is 0 Å². The van der Waals surface area contributed by atoms with E-state index < -0.39 is 22.3 Å². The van der Waals surface area contributed by atoms with Crippen molar-refractivity contribution in [2.24, 2.45) is 5.92 Å². The molecule has 1 aliphatic carbocycles. The van der Waals surface area contributed by atoms with Gasteiger partial charge in [-0.3, -0.25) is 0 Å². The van der Waals surface area contributed by atoms with Crippen LogP contribution < -0.4 is 0 Å². The van der Waals surface area contributed by atoms with Crippen LogP contribution in [0.1, 0.15) is 64.2 Å². The van der Waals surface area contributed by atoms with E-state index in [1.165, 1.54) is 6.42 Å². The third kappa shape index (κ3) is 3.40. The van der Waals surface area contributed by atoms with E-state index in [0.717, 1.165) is 38.5 Å². The lowest BCUT2D eigenvalue weighted by atomic mass is 9.88. The normalized spacial score (nSPS) is 36.0. The minimum Gasteiger partial charge on any atom is -0.198 e. The van der Waals surface area contributed by atoms with Crippen LogP contribution in [0.5, 0.6) is 0 Å². The highest BCUT2D eigenvalue weighted by Gasteiger charge is 2.69. The molecule has 0 aromatic rings. The van der Waals surface area contributed by atoms with Gasteiger partial charge in [-0.05, 0) is 12.8 Å². The van der Waals surface area contributed by atoms with E-state index in [9.17, 15) is 17.6 Å². The Hall–Kier alpha value is 0.0700. The van der Waals surface area contributed by atoms with Gasteiger partial charge in [0.25, 0.3) is 0 Å². The monoisotopic (exact) mass is 298 g/mol. The van der Waals surface area contributed by atoms with Crippen LogP contribution in [0.2, 0.25) is 0 Å². The van der Waals surface area contributed by atoms with Gasteiger partial charge in [-0.15, -0.1) is 0 Å².